The number of nitriles is 1. The summed E-state index contributed by atoms with van der Waals surface area (Å²) in [5.74, 6) is 0.716. The van der Waals surface area contributed by atoms with Crippen molar-refractivity contribution in [1.82, 2.24) is 15.1 Å². The molecule has 0 saturated carbocycles. The molecular weight excluding hydrogens is 326 g/mol. The van der Waals surface area contributed by atoms with Gasteiger partial charge in [0.25, 0.3) is 0 Å². The zero-order valence-electron chi connectivity index (χ0n) is 15.2. The molecular formula is C20H23N5O. The molecule has 6 heteroatoms. The van der Waals surface area contributed by atoms with Crippen molar-refractivity contribution < 1.29 is 4.79 Å². The van der Waals surface area contributed by atoms with Gasteiger partial charge in [0.15, 0.2) is 5.82 Å². The summed E-state index contributed by atoms with van der Waals surface area (Å²) in [5, 5.41) is 21.2. The number of aryl methyl sites for hydroxylation is 1. The summed E-state index contributed by atoms with van der Waals surface area (Å²) in [4.78, 5) is 13.6. The van der Waals surface area contributed by atoms with Crippen LogP contribution >= 0.6 is 0 Å². The molecule has 1 aliphatic rings. The fraction of sp³-hybridized carbons (Fsp3) is 0.400. The average molecular weight is 349 g/mol. The molecule has 2 heterocycles. The number of carbonyl (C=O) groups excluding carboxylic acids is 1. The molecule has 1 saturated heterocycles. The molecule has 1 fully saturated rings. The van der Waals surface area contributed by atoms with Crippen molar-refractivity contribution in [2.24, 2.45) is 0 Å². The number of nitrogens with zero attached hydrogens (tertiary/aromatic N) is 4. The van der Waals surface area contributed by atoms with Crippen LogP contribution in [-0.2, 0) is 24.2 Å². The first kappa shape index (κ1) is 17.9. The van der Waals surface area contributed by atoms with E-state index >= 15 is 0 Å². The molecule has 1 N–H and O–H groups in total. The maximum atomic E-state index is 11.7. The number of carbonyl (C=O) groups is 1. The van der Waals surface area contributed by atoms with Crippen molar-refractivity contribution in [2.45, 2.75) is 46.1 Å². The van der Waals surface area contributed by atoms with E-state index in [4.69, 9.17) is 0 Å². The number of amides is 1. The predicted molar refractivity (Wildman–Crippen MR) is 99.9 cm³/mol. The molecule has 0 bridgehead atoms. The molecule has 0 spiro atoms. The Balaban J connectivity index is 1.77. The number of anilines is 2. The van der Waals surface area contributed by atoms with E-state index in [0.29, 0.717) is 24.3 Å². The van der Waals surface area contributed by atoms with Crippen molar-refractivity contribution in [2.75, 3.05) is 11.9 Å². The molecule has 6 nitrogen and oxygen atoms in total. The lowest BCUT2D eigenvalue weighted by Crippen LogP contribution is -2.23. The van der Waals surface area contributed by atoms with E-state index in [2.05, 4.69) is 21.6 Å². The number of hydrogen-bond acceptors (Lipinski definition) is 5. The Morgan fingerprint density at radius 2 is 1.96 bits per heavy atom. The highest BCUT2D eigenvalue weighted by Gasteiger charge is 2.20. The van der Waals surface area contributed by atoms with Gasteiger partial charge in [-0.1, -0.05) is 26.0 Å². The topological polar surface area (TPSA) is 81.9 Å². The van der Waals surface area contributed by atoms with Gasteiger partial charge in [-0.15, -0.1) is 5.10 Å². The molecule has 0 unspecified atom stereocenters. The largest absolute Gasteiger partial charge is 0.338 e. The van der Waals surface area contributed by atoms with E-state index in [0.717, 1.165) is 48.3 Å². The summed E-state index contributed by atoms with van der Waals surface area (Å²) in [6.07, 6.45) is 3.11. The zero-order valence-corrected chi connectivity index (χ0v) is 15.2. The van der Waals surface area contributed by atoms with Gasteiger partial charge in [0.05, 0.1) is 5.69 Å². The Labute approximate surface area is 153 Å². The van der Waals surface area contributed by atoms with Gasteiger partial charge in [-0.3, -0.25) is 4.79 Å². The lowest BCUT2D eigenvalue weighted by atomic mass is 10.0. The molecule has 1 aliphatic heterocycles. The summed E-state index contributed by atoms with van der Waals surface area (Å²) in [5.41, 5.74) is 4.33. The van der Waals surface area contributed by atoms with Crippen LogP contribution in [0.2, 0.25) is 0 Å². The number of likely N-dealkylation sites (tertiary alicyclic amines) is 1. The fourth-order valence-corrected chi connectivity index (χ4v) is 3.30. The number of aromatic nitrogens is 2. The molecule has 2 aromatic rings. The predicted octanol–water partition coefficient (Wildman–Crippen LogP) is 3.34. The number of benzene rings is 1. The lowest BCUT2D eigenvalue weighted by molar-refractivity contribution is -0.128. The minimum absolute atomic E-state index is 0.226. The third-order valence-electron chi connectivity index (χ3n) is 4.72. The van der Waals surface area contributed by atoms with Gasteiger partial charge < -0.3 is 10.2 Å². The first-order valence-corrected chi connectivity index (χ1v) is 9.08. The molecule has 3 rings (SSSR count). The standard InChI is InChI=1S/C20H23N5O/c1-3-16-17(12-21)20(24-23-18(16)4-2)22-15-9-7-14(8-10-15)13-25-11-5-6-19(25)26/h7-10H,3-6,11,13H2,1-2H3,(H,22,24). The minimum Gasteiger partial charge on any atom is -0.338 e. The van der Waals surface area contributed by atoms with Crippen LogP contribution in [0, 0.1) is 11.3 Å². The fourth-order valence-electron chi connectivity index (χ4n) is 3.30. The van der Waals surface area contributed by atoms with Crippen LogP contribution in [0.15, 0.2) is 24.3 Å². The Bertz CT molecular complexity index is 839. The molecule has 1 aromatic carbocycles. The Morgan fingerprint density at radius 1 is 1.19 bits per heavy atom. The van der Waals surface area contributed by atoms with Gasteiger partial charge in [-0.05, 0) is 42.5 Å². The number of nitrogens with one attached hydrogen (secondary N) is 1. The van der Waals surface area contributed by atoms with Gasteiger partial charge in [-0.2, -0.15) is 10.4 Å². The van der Waals surface area contributed by atoms with Crippen molar-refractivity contribution >= 4 is 17.4 Å². The van der Waals surface area contributed by atoms with Crippen molar-refractivity contribution in [1.29, 1.82) is 5.26 Å². The third-order valence-corrected chi connectivity index (χ3v) is 4.72. The zero-order chi connectivity index (χ0) is 18.5. The van der Waals surface area contributed by atoms with Crippen LogP contribution in [0.25, 0.3) is 0 Å². The average Bonchev–Trinajstić information content (AvgIpc) is 3.07. The first-order chi connectivity index (χ1) is 12.7. The molecule has 1 amide bonds. The van der Waals surface area contributed by atoms with Crippen LogP contribution in [-0.4, -0.2) is 27.5 Å². The minimum atomic E-state index is 0.226. The highest BCUT2D eigenvalue weighted by Crippen LogP contribution is 2.24. The number of hydrogen-bond donors (Lipinski definition) is 1. The summed E-state index contributed by atoms with van der Waals surface area (Å²) >= 11 is 0. The Kier molecular flexibility index (Phi) is 5.47. The van der Waals surface area contributed by atoms with E-state index in [1.165, 1.54) is 0 Å². The van der Waals surface area contributed by atoms with Crippen molar-refractivity contribution in [3.8, 4) is 6.07 Å². The third kappa shape index (κ3) is 3.67. The maximum Gasteiger partial charge on any atom is 0.222 e. The van der Waals surface area contributed by atoms with Gasteiger partial charge in [0.2, 0.25) is 5.91 Å². The molecule has 0 radical (unpaired) electrons. The monoisotopic (exact) mass is 349 g/mol. The second-order valence-corrected chi connectivity index (χ2v) is 6.41. The molecule has 1 aromatic heterocycles. The van der Waals surface area contributed by atoms with Crippen molar-refractivity contribution in [3.63, 3.8) is 0 Å². The van der Waals surface area contributed by atoms with Crippen LogP contribution < -0.4 is 5.32 Å². The highest BCUT2D eigenvalue weighted by atomic mass is 16.2. The lowest BCUT2D eigenvalue weighted by Gasteiger charge is -2.16. The second kappa shape index (κ2) is 7.96. The Morgan fingerprint density at radius 3 is 2.54 bits per heavy atom. The Hall–Kier alpha value is -2.94. The summed E-state index contributed by atoms with van der Waals surface area (Å²) in [6, 6.07) is 10.1. The first-order valence-electron chi connectivity index (χ1n) is 9.08. The smallest absolute Gasteiger partial charge is 0.222 e. The van der Waals surface area contributed by atoms with Gasteiger partial charge in [0.1, 0.15) is 11.6 Å². The van der Waals surface area contributed by atoms with Gasteiger partial charge >= 0.3 is 0 Å². The van der Waals surface area contributed by atoms with E-state index < -0.39 is 0 Å². The van der Waals surface area contributed by atoms with Crippen LogP contribution in [0.5, 0.6) is 0 Å². The van der Waals surface area contributed by atoms with Crippen LogP contribution in [0.4, 0.5) is 11.5 Å². The van der Waals surface area contributed by atoms with E-state index in [-0.39, 0.29) is 5.91 Å². The second-order valence-electron chi connectivity index (χ2n) is 6.41. The quantitative estimate of drug-likeness (QED) is 0.865. The summed E-state index contributed by atoms with van der Waals surface area (Å²) in [6.45, 7) is 5.52. The molecule has 134 valence electrons. The van der Waals surface area contributed by atoms with Crippen LogP contribution in [0.1, 0.15) is 49.1 Å². The summed E-state index contributed by atoms with van der Waals surface area (Å²) < 4.78 is 0. The van der Waals surface area contributed by atoms with E-state index in [9.17, 15) is 10.1 Å². The number of rotatable bonds is 6. The SMILES string of the molecule is CCc1nnc(Nc2ccc(CN3CCCC3=O)cc2)c(C#N)c1CC. The van der Waals surface area contributed by atoms with E-state index in [1.807, 2.05) is 43.0 Å². The van der Waals surface area contributed by atoms with Gasteiger partial charge in [-0.25, -0.2) is 0 Å². The highest BCUT2D eigenvalue weighted by molar-refractivity contribution is 5.78. The van der Waals surface area contributed by atoms with Gasteiger partial charge in [0, 0.05) is 25.2 Å². The normalized spacial score (nSPS) is 13.7. The molecule has 0 aliphatic carbocycles. The summed E-state index contributed by atoms with van der Waals surface area (Å²) in [7, 11) is 0. The van der Waals surface area contributed by atoms with E-state index in [1.54, 1.807) is 0 Å². The maximum absolute atomic E-state index is 11.7. The van der Waals surface area contributed by atoms with Crippen LogP contribution in [0.3, 0.4) is 0 Å². The molecule has 26 heavy (non-hydrogen) atoms. The van der Waals surface area contributed by atoms with Crippen molar-refractivity contribution in [3.05, 3.63) is 46.6 Å². The molecule has 0 atom stereocenters.